The number of halogens is 1. The van der Waals surface area contributed by atoms with Crippen molar-refractivity contribution in [1.29, 1.82) is 0 Å². The Kier molecular flexibility index (Phi) is 2.94. The molecule has 0 amide bonds. The Morgan fingerprint density at radius 1 is 1.57 bits per heavy atom. The highest BCUT2D eigenvalue weighted by molar-refractivity contribution is 6.33. The second-order valence-electron chi connectivity index (χ2n) is 3.61. The van der Waals surface area contributed by atoms with Gasteiger partial charge in [0.1, 0.15) is 0 Å². The minimum atomic E-state index is 0.533. The predicted molar refractivity (Wildman–Crippen MR) is 61.1 cm³/mol. The van der Waals surface area contributed by atoms with Gasteiger partial charge in [-0.05, 0) is 24.6 Å². The summed E-state index contributed by atoms with van der Waals surface area (Å²) >= 11 is 6.08. The smallest absolute Gasteiger partial charge is 0.0640 e. The van der Waals surface area contributed by atoms with Crippen LogP contribution in [0.2, 0.25) is 5.02 Å². The number of nitrogens with one attached hydrogen (secondary N) is 2. The molecule has 0 radical (unpaired) electrons. The van der Waals surface area contributed by atoms with E-state index in [1.54, 1.807) is 0 Å². The Balaban J connectivity index is 2.18. The van der Waals surface area contributed by atoms with Gasteiger partial charge < -0.3 is 10.6 Å². The van der Waals surface area contributed by atoms with Crippen LogP contribution in [0.5, 0.6) is 0 Å². The maximum Gasteiger partial charge on any atom is 0.0640 e. The van der Waals surface area contributed by atoms with E-state index in [9.17, 15) is 0 Å². The summed E-state index contributed by atoms with van der Waals surface area (Å²) in [7, 11) is 0. The second kappa shape index (κ2) is 4.20. The number of anilines is 1. The van der Waals surface area contributed by atoms with Crippen LogP contribution in [0.25, 0.3) is 0 Å². The van der Waals surface area contributed by atoms with Crippen molar-refractivity contribution in [3.63, 3.8) is 0 Å². The molecule has 1 aliphatic heterocycles. The van der Waals surface area contributed by atoms with Gasteiger partial charge in [-0.1, -0.05) is 30.7 Å². The first-order chi connectivity index (χ1) is 6.81. The minimum absolute atomic E-state index is 0.533. The summed E-state index contributed by atoms with van der Waals surface area (Å²) < 4.78 is 0. The average molecular weight is 211 g/mol. The average Bonchev–Trinajstić information content (AvgIpc) is 2.18. The number of benzene rings is 1. The van der Waals surface area contributed by atoms with Crippen molar-refractivity contribution in [2.45, 2.75) is 19.4 Å². The summed E-state index contributed by atoms with van der Waals surface area (Å²) in [5.74, 6) is 0. The lowest BCUT2D eigenvalue weighted by molar-refractivity contribution is 0.534. The zero-order valence-electron chi connectivity index (χ0n) is 8.31. The van der Waals surface area contributed by atoms with Gasteiger partial charge in [-0.15, -0.1) is 0 Å². The van der Waals surface area contributed by atoms with Crippen LogP contribution in [-0.2, 0) is 6.42 Å². The fourth-order valence-electron chi connectivity index (χ4n) is 1.93. The SMILES string of the molecule is CCNC1CNc2c(Cl)cccc2C1. The molecule has 2 N–H and O–H groups in total. The Bertz CT molecular complexity index is 325. The van der Waals surface area contributed by atoms with Crippen molar-refractivity contribution < 1.29 is 0 Å². The van der Waals surface area contributed by atoms with Crippen LogP contribution in [0, 0.1) is 0 Å². The highest BCUT2D eigenvalue weighted by Crippen LogP contribution is 2.29. The van der Waals surface area contributed by atoms with Gasteiger partial charge >= 0.3 is 0 Å². The molecule has 3 heteroatoms. The maximum atomic E-state index is 6.08. The molecule has 2 rings (SSSR count). The summed E-state index contributed by atoms with van der Waals surface area (Å²) in [6.07, 6.45) is 1.07. The lowest BCUT2D eigenvalue weighted by atomic mass is 10.00. The van der Waals surface area contributed by atoms with Gasteiger partial charge in [0.2, 0.25) is 0 Å². The molecular formula is C11H15ClN2. The molecule has 0 spiro atoms. The van der Waals surface area contributed by atoms with Crippen LogP contribution in [0.15, 0.2) is 18.2 Å². The molecule has 2 nitrogen and oxygen atoms in total. The lowest BCUT2D eigenvalue weighted by Gasteiger charge is -2.27. The number of likely N-dealkylation sites (N-methyl/N-ethyl adjacent to an activating group) is 1. The third kappa shape index (κ3) is 1.86. The van der Waals surface area contributed by atoms with Crippen molar-refractivity contribution in [3.05, 3.63) is 28.8 Å². The van der Waals surface area contributed by atoms with Crippen molar-refractivity contribution in [2.24, 2.45) is 0 Å². The Hall–Kier alpha value is -0.730. The van der Waals surface area contributed by atoms with Crippen molar-refractivity contribution in [2.75, 3.05) is 18.4 Å². The largest absolute Gasteiger partial charge is 0.382 e. The molecule has 0 aromatic heterocycles. The second-order valence-corrected chi connectivity index (χ2v) is 4.02. The third-order valence-electron chi connectivity index (χ3n) is 2.58. The molecule has 1 atom stereocenters. The molecule has 14 heavy (non-hydrogen) atoms. The maximum absolute atomic E-state index is 6.08. The number of hydrogen-bond donors (Lipinski definition) is 2. The monoisotopic (exact) mass is 210 g/mol. The summed E-state index contributed by atoms with van der Waals surface area (Å²) in [4.78, 5) is 0. The van der Waals surface area contributed by atoms with E-state index in [0.29, 0.717) is 6.04 Å². The van der Waals surface area contributed by atoms with E-state index in [0.717, 1.165) is 30.2 Å². The summed E-state index contributed by atoms with van der Waals surface area (Å²) in [5, 5.41) is 7.64. The predicted octanol–water partition coefficient (Wildman–Crippen LogP) is 2.29. The van der Waals surface area contributed by atoms with Crippen LogP contribution in [0.4, 0.5) is 5.69 Å². The topological polar surface area (TPSA) is 24.1 Å². The van der Waals surface area contributed by atoms with Crippen LogP contribution in [0.3, 0.4) is 0 Å². The van der Waals surface area contributed by atoms with Gasteiger partial charge in [-0.2, -0.15) is 0 Å². The number of hydrogen-bond acceptors (Lipinski definition) is 2. The molecule has 0 bridgehead atoms. The van der Waals surface area contributed by atoms with Crippen molar-refractivity contribution in [3.8, 4) is 0 Å². The van der Waals surface area contributed by atoms with E-state index in [-0.39, 0.29) is 0 Å². The van der Waals surface area contributed by atoms with Crippen molar-refractivity contribution >= 4 is 17.3 Å². The molecule has 0 saturated carbocycles. The fraction of sp³-hybridized carbons (Fsp3) is 0.455. The Morgan fingerprint density at radius 3 is 3.21 bits per heavy atom. The molecule has 0 fully saturated rings. The van der Waals surface area contributed by atoms with Crippen LogP contribution >= 0.6 is 11.6 Å². The molecule has 76 valence electrons. The third-order valence-corrected chi connectivity index (χ3v) is 2.90. The molecular weight excluding hydrogens is 196 g/mol. The normalized spacial score (nSPS) is 20.0. The summed E-state index contributed by atoms with van der Waals surface area (Å²) in [6.45, 7) is 4.11. The van der Waals surface area contributed by atoms with Gasteiger partial charge in [0.05, 0.1) is 10.7 Å². The van der Waals surface area contributed by atoms with E-state index >= 15 is 0 Å². The molecule has 0 saturated heterocycles. The van der Waals surface area contributed by atoms with Crippen LogP contribution < -0.4 is 10.6 Å². The quantitative estimate of drug-likeness (QED) is 0.783. The Morgan fingerprint density at radius 2 is 2.43 bits per heavy atom. The lowest BCUT2D eigenvalue weighted by Crippen LogP contribution is -2.40. The zero-order chi connectivity index (χ0) is 9.97. The highest BCUT2D eigenvalue weighted by Gasteiger charge is 2.18. The molecule has 1 heterocycles. The van der Waals surface area contributed by atoms with Crippen LogP contribution in [0.1, 0.15) is 12.5 Å². The van der Waals surface area contributed by atoms with Gasteiger partial charge in [-0.3, -0.25) is 0 Å². The fourth-order valence-corrected chi connectivity index (χ4v) is 2.19. The molecule has 1 unspecified atom stereocenters. The Labute approximate surface area is 89.7 Å². The molecule has 1 aliphatic rings. The van der Waals surface area contributed by atoms with Crippen LogP contribution in [-0.4, -0.2) is 19.1 Å². The van der Waals surface area contributed by atoms with Gasteiger partial charge in [-0.25, -0.2) is 0 Å². The van der Waals surface area contributed by atoms with Gasteiger partial charge in [0, 0.05) is 12.6 Å². The first-order valence-electron chi connectivity index (χ1n) is 5.06. The van der Waals surface area contributed by atoms with Gasteiger partial charge in [0.15, 0.2) is 0 Å². The van der Waals surface area contributed by atoms with E-state index < -0.39 is 0 Å². The first-order valence-corrected chi connectivity index (χ1v) is 5.43. The number of para-hydroxylation sites is 1. The number of rotatable bonds is 2. The molecule has 1 aromatic rings. The van der Waals surface area contributed by atoms with E-state index in [2.05, 4.69) is 23.6 Å². The molecule has 0 aliphatic carbocycles. The van der Waals surface area contributed by atoms with E-state index in [1.807, 2.05) is 12.1 Å². The summed E-state index contributed by atoms with van der Waals surface area (Å²) in [6, 6.07) is 6.61. The van der Waals surface area contributed by atoms with Gasteiger partial charge in [0.25, 0.3) is 0 Å². The standard InChI is InChI=1S/C11H15ClN2/c1-2-13-9-6-8-4-3-5-10(12)11(8)14-7-9/h3-5,9,13-14H,2,6-7H2,1H3. The zero-order valence-corrected chi connectivity index (χ0v) is 9.06. The van der Waals surface area contributed by atoms with E-state index in [1.165, 1.54) is 5.56 Å². The summed E-state index contributed by atoms with van der Waals surface area (Å²) in [5.41, 5.74) is 2.43. The highest BCUT2D eigenvalue weighted by atomic mass is 35.5. The number of fused-ring (bicyclic) bond motifs is 1. The minimum Gasteiger partial charge on any atom is -0.382 e. The molecule has 1 aromatic carbocycles. The van der Waals surface area contributed by atoms with E-state index in [4.69, 9.17) is 11.6 Å². The first kappa shape index (κ1) is 9.81. The van der Waals surface area contributed by atoms with Crippen molar-refractivity contribution in [1.82, 2.24) is 5.32 Å².